The van der Waals surface area contributed by atoms with Crippen LogP contribution in [0.2, 0.25) is 0 Å². The molecule has 2 N–H and O–H groups in total. The van der Waals surface area contributed by atoms with Crippen LogP contribution in [0, 0.1) is 3.57 Å². The van der Waals surface area contributed by atoms with E-state index in [1.807, 2.05) is 13.8 Å². The second-order valence-corrected chi connectivity index (χ2v) is 4.79. The molecular formula is C11H16INO. The van der Waals surface area contributed by atoms with E-state index in [1.165, 1.54) is 3.57 Å². The van der Waals surface area contributed by atoms with Crippen molar-refractivity contribution in [2.45, 2.75) is 26.0 Å². The van der Waals surface area contributed by atoms with Gasteiger partial charge in [-0.3, -0.25) is 0 Å². The summed E-state index contributed by atoms with van der Waals surface area (Å²) in [5.41, 5.74) is 7.10. The Hall–Kier alpha value is -0.130. The Labute approximate surface area is 99.0 Å². The molecule has 0 saturated heterocycles. The number of halogens is 1. The molecule has 1 rings (SSSR count). The molecular weight excluding hydrogens is 289 g/mol. The van der Waals surface area contributed by atoms with Crippen LogP contribution in [0.25, 0.3) is 0 Å². The maximum absolute atomic E-state index is 5.97. The van der Waals surface area contributed by atoms with E-state index in [-0.39, 0.29) is 12.1 Å². The van der Waals surface area contributed by atoms with Crippen LogP contribution in [0.3, 0.4) is 0 Å². The molecule has 0 aliphatic carbocycles. The van der Waals surface area contributed by atoms with E-state index in [2.05, 4.69) is 46.9 Å². The van der Waals surface area contributed by atoms with Gasteiger partial charge in [-0.05, 0) is 54.1 Å². The highest BCUT2D eigenvalue weighted by Crippen LogP contribution is 2.13. The molecule has 0 saturated carbocycles. The lowest BCUT2D eigenvalue weighted by molar-refractivity contribution is 0.0683. The summed E-state index contributed by atoms with van der Waals surface area (Å²) in [5, 5.41) is 0. The first-order valence-electron chi connectivity index (χ1n) is 4.72. The average molecular weight is 305 g/mol. The zero-order valence-corrected chi connectivity index (χ0v) is 10.7. The highest BCUT2D eigenvalue weighted by molar-refractivity contribution is 14.1. The first-order chi connectivity index (χ1) is 6.59. The molecule has 3 heteroatoms. The first kappa shape index (κ1) is 11.9. The van der Waals surface area contributed by atoms with Crippen molar-refractivity contribution in [3.63, 3.8) is 0 Å². The van der Waals surface area contributed by atoms with E-state index in [4.69, 9.17) is 10.5 Å². The van der Waals surface area contributed by atoms with Gasteiger partial charge in [0.25, 0.3) is 0 Å². The fraction of sp³-hybridized carbons (Fsp3) is 0.455. The summed E-state index contributed by atoms with van der Waals surface area (Å²) >= 11 is 2.28. The Kier molecular flexibility index (Phi) is 4.84. The molecule has 1 aromatic carbocycles. The fourth-order valence-corrected chi connectivity index (χ4v) is 1.46. The molecule has 78 valence electrons. The van der Waals surface area contributed by atoms with Gasteiger partial charge in [-0.1, -0.05) is 12.1 Å². The number of hydrogen-bond donors (Lipinski definition) is 1. The normalized spacial score (nSPS) is 13.2. The van der Waals surface area contributed by atoms with Crippen molar-refractivity contribution < 1.29 is 4.74 Å². The minimum atomic E-state index is -0.0191. The standard InChI is InChI=1S/C11H16INO/c1-8(2)14-7-11(13)9-3-5-10(12)6-4-9/h3-6,8,11H,7,13H2,1-2H3. The third-order valence-corrected chi connectivity index (χ3v) is 2.63. The predicted molar refractivity (Wildman–Crippen MR) is 67.2 cm³/mol. The Morgan fingerprint density at radius 2 is 1.86 bits per heavy atom. The van der Waals surface area contributed by atoms with E-state index in [0.717, 1.165) is 5.56 Å². The van der Waals surface area contributed by atoms with Gasteiger partial charge in [0.1, 0.15) is 0 Å². The van der Waals surface area contributed by atoms with E-state index in [0.29, 0.717) is 6.61 Å². The van der Waals surface area contributed by atoms with Crippen molar-refractivity contribution in [2.24, 2.45) is 5.73 Å². The SMILES string of the molecule is CC(C)OCC(N)c1ccc(I)cc1. The Bertz CT molecular complexity index is 271. The van der Waals surface area contributed by atoms with Crippen LogP contribution in [0.15, 0.2) is 24.3 Å². The van der Waals surface area contributed by atoms with E-state index in [1.54, 1.807) is 0 Å². The van der Waals surface area contributed by atoms with Gasteiger partial charge < -0.3 is 10.5 Å². The first-order valence-corrected chi connectivity index (χ1v) is 5.80. The summed E-state index contributed by atoms with van der Waals surface area (Å²) in [4.78, 5) is 0. The van der Waals surface area contributed by atoms with Crippen LogP contribution in [0.4, 0.5) is 0 Å². The minimum absolute atomic E-state index is 0.0191. The summed E-state index contributed by atoms with van der Waals surface area (Å²) in [5.74, 6) is 0. The van der Waals surface area contributed by atoms with Crippen molar-refractivity contribution in [3.8, 4) is 0 Å². The van der Waals surface area contributed by atoms with Gasteiger partial charge >= 0.3 is 0 Å². The molecule has 0 aromatic heterocycles. The number of benzene rings is 1. The maximum Gasteiger partial charge on any atom is 0.0662 e. The van der Waals surface area contributed by atoms with Crippen molar-refractivity contribution >= 4 is 22.6 Å². The van der Waals surface area contributed by atoms with Crippen LogP contribution >= 0.6 is 22.6 Å². The Morgan fingerprint density at radius 1 is 1.29 bits per heavy atom. The summed E-state index contributed by atoms with van der Waals surface area (Å²) in [7, 11) is 0. The van der Waals surface area contributed by atoms with Crippen LogP contribution < -0.4 is 5.73 Å². The van der Waals surface area contributed by atoms with Gasteiger partial charge in [0.15, 0.2) is 0 Å². The number of ether oxygens (including phenoxy) is 1. The Morgan fingerprint density at radius 3 is 2.36 bits per heavy atom. The van der Waals surface area contributed by atoms with Gasteiger partial charge in [-0.2, -0.15) is 0 Å². The summed E-state index contributed by atoms with van der Waals surface area (Å²) in [6, 6.07) is 8.21. The highest BCUT2D eigenvalue weighted by Gasteiger charge is 2.06. The third-order valence-electron chi connectivity index (χ3n) is 1.91. The van der Waals surface area contributed by atoms with Crippen LogP contribution in [-0.4, -0.2) is 12.7 Å². The van der Waals surface area contributed by atoms with Crippen LogP contribution in [0.5, 0.6) is 0 Å². The van der Waals surface area contributed by atoms with Crippen molar-refractivity contribution in [1.29, 1.82) is 0 Å². The van der Waals surface area contributed by atoms with Crippen LogP contribution in [-0.2, 0) is 4.74 Å². The monoisotopic (exact) mass is 305 g/mol. The maximum atomic E-state index is 5.97. The molecule has 0 bridgehead atoms. The second kappa shape index (κ2) is 5.68. The van der Waals surface area contributed by atoms with Crippen LogP contribution in [0.1, 0.15) is 25.5 Å². The van der Waals surface area contributed by atoms with E-state index >= 15 is 0 Å². The lowest BCUT2D eigenvalue weighted by Crippen LogP contribution is -2.19. The molecule has 1 aromatic rings. The van der Waals surface area contributed by atoms with Gasteiger partial charge in [0.05, 0.1) is 18.8 Å². The molecule has 14 heavy (non-hydrogen) atoms. The summed E-state index contributed by atoms with van der Waals surface area (Å²) in [6.07, 6.45) is 0.241. The zero-order valence-electron chi connectivity index (χ0n) is 8.53. The fourth-order valence-electron chi connectivity index (χ4n) is 1.10. The second-order valence-electron chi connectivity index (χ2n) is 3.54. The summed E-state index contributed by atoms with van der Waals surface area (Å²) in [6.45, 7) is 4.61. The number of nitrogens with two attached hydrogens (primary N) is 1. The molecule has 0 aliphatic rings. The third kappa shape index (κ3) is 3.94. The molecule has 0 aliphatic heterocycles. The van der Waals surface area contributed by atoms with E-state index in [9.17, 15) is 0 Å². The molecule has 0 amide bonds. The number of rotatable bonds is 4. The molecule has 2 nitrogen and oxygen atoms in total. The predicted octanol–water partition coefficient (Wildman–Crippen LogP) is 2.72. The lowest BCUT2D eigenvalue weighted by Gasteiger charge is -2.14. The lowest BCUT2D eigenvalue weighted by atomic mass is 10.1. The molecule has 1 atom stereocenters. The molecule has 0 radical (unpaired) electrons. The van der Waals surface area contributed by atoms with Crippen molar-refractivity contribution in [2.75, 3.05) is 6.61 Å². The van der Waals surface area contributed by atoms with Crippen molar-refractivity contribution in [1.82, 2.24) is 0 Å². The van der Waals surface area contributed by atoms with Gasteiger partial charge in [-0.25, -0.2) is 0 Å². The van der Waals surface area contributed by atoms with Crippen molar-refractivity contribution in [3.05, 3.63) is 33.4 Å². The quantitative estimate of drug-likeness (QED) is 0.868. The minimum Gasteiger partial charge on any atom is -0.377 e. The van der Waals surface area contributed by atoms with Gasteiger partial charge in [0, 0.05) is 3.57 Å². The van der Waals surface area contributed by atoms with Gasteiger partial charge in [0.2, 0.25) is 0 Å². The smallest absolute Gasteiger partial charge is 0.0662 e. The molecule has 0 heterocycles. The van der Waals surface area contributed by atoms with Gasteiger partial charge in [-0.15, -0.1) is 0 Å². The largest absolute Gasteiger partial charge is 0.377 e. The van der Waals surface area contributed by atoms with E-state index < -0.39 is 0 Å². The number of hydrogen-bond acceptors (Lipinski definition) is 2. The topological polar surface area (TPSA) is 35.2 Å². The zero-order chi connectivity index (χ0) is 10.6. The average Bonchev–Trinajstić information content (AvgIpc) is 2.15. The Balaban J connectivity index is 2.52. The molecule has 0 spiro atoms. The molecule has 1 unspecified atom stereocenters. The summed E-state index contributed by atoms with van der Waals surface area (Å²) < 4.78 is 6.69. The molecule has 0 fully saturated rings. The highest BCUT2D eigenvalue weighted by atomic mass is 127.